The first-order valence-corrected chi connectivity index (χ1v) is 5.65. The molecular formula is C12H13NO4. The van der Waals surface area contributed by atoms with Crippen LogP contribution in [0, 0.1) is 0 Å². The molecule has 5 nitrogen and oxygen atoms in total. The summed E-state index contributed by atoms with van der Waals surface area (Å²) in [5, 5.41) is 9.14. The number of carbonyl (C=O) groups is 1. The molecule has 2 heterocycles. The van der Waals surface area contributed by atoms with Gasteiger partial charge in [0, 0.05) is 18.3 Å². The number of carboxylic acid groups (broad SMARTS) is 1. The van der Waals surface area contributed by atoms with Gasteiger partial charge in [0.15, 0.2) is 11.5 Å². The molecule has 17 heavy (non-hydrogen) atoms. The highest BCUT2D eigenvalue weighted by Crippen LogP contribution is 2.37. The lowest BCUT2D eigenvalue weighted by molar-refractivity contribution is -0.138. The Balaban J connectivity index is 1.91. The van der Waals surface area contributed by atoms with Gasteiger partial charge in [-0.15, -0.1) is 0 Å². The van der Waals surface area contributed by atoms with Crippen LogP contribution in [0.3, 0.4) is 0 Å². The molecule has 0 radical (unpaired) electrons. The molecule has 1 aromatic carbocycles. The molecule has 1 saturated heterocycles. The first-order chi connectivity index (χ1) is 8.25. The molecule has 1 atom stereocenters. The van der Waals surface area contributed by atoms with E-state index in [0.29, 0.717) is 12.2 Å². The summed E-state index contributed by atoms with van der Waals surface area (Å²) in [6.45, 7) is 1.01. The van der Waals surface area contributed by atoms with Gasteiger partial charge in [0.1, 0.15) is 6.04 Å². The molecule has 90 valence electrons. The molecule has 0 saturated carbocycles. The molecule has 2 aliphatic heterocycles. The van der Waals surface area contributed by atoms with Gasteiger partial charge in [-0.05, 0) is 25.0 Å². The van der Waals surface area contributed by atoms with E-state index in [1.807, 2.05) is 23.1 Å². The molecule has 0 unspecified atom stereocenters. The second-order valence-electron chi connectivity index (χ2n) is 4.23. The minimum absolute atomic E-state index is 0.237. The monoisotopic (exact) mass is 235 g/mol. The van der Waals surface area contributed by atoms with Gasteiger partial charge in [0.05, 0.1) is 0 Å². The largest absolute Gasteiger partial charge is 0.480 e. The van der Waals surface area contributed by atoms with Crippen molar-refractivity contribution in [2.75, 3.05) is 18.2 Å². The number of ether oxygens (including phenoxy) is 2. The number of benzene rings is 1. The second-order valence-corrected chi connectivity index (χ2v) is 4.23. The zero-order valence-corrected chi connectivity index (χ0v) is 9.26. The van der Waals surface area contributed by atoms with Crippen molar-refractivity contribution in [2.45, 2.75) is 18.9 Å². The van der Waals surface area contributed by atoms with E-state index in [0.717, 1.165) is 24.4 Å². The van der Waals surface area contributed by atoms with Crippen molar-refractivity contribution in [3.05, 3.63) is 18.2 Å². The van der Waals surface area contributed by atoms with Crippen molar-refractivity contribution in [3.63, 3.8) is 0 Å². The van der Waals surface area contributed by atoms with E-state index in [-0.39, 0.29) is 6.79 Å². The summed E-state index contributed by atoms with van der Waals surface area (Å²) < 4.78 is 10.5. The fourth-order valence-electron chi connectivity index (χ4n) is 2.40. The van der Waals surface area contributed by atoms with Crippen molar-refractivity contribution in [3.8, 4) is 11.5 Å². The van der Waals surface area contributed by atoms with Gasteiger partial charge in [-0.1, -0.05) is 0 Å². The van der Waals surface area contributed by atoms with E-state index in [4.69, 9.17) is 14.6 Å². The van der Waals surface area contributed by atoms with Crippen LogP contribution >= 0.6 is 0 Å². The van der Waals surface area contributed by atoms with Crippen molar-refractivity contribution in [1.29, 1.82) is 0 Å². The zero-order chi connectivity index (χ0) is 11.8. The minimum Gasteiger partial charge on any atom is -0.480 e. The van der Waals surface area contributed by atoms with Crippen molar-refractivity contribution >= 4 is 11.7 Å². The second kappa shape index (κ2) is 3.84. The van der Waals surface area contributed by atoms with Crippen LogP contribution in [-0.4, -0.2) is 30.5 Å². The van der Waals surface area contributed by atoms with Crippen molar-refractivity contribution < 1.29 is 19.4 Å². The van der Waals surface area contributed by atoms with Crippen LogP contribution < -0.4 is 14.4 Å². The number of nitrogens with zero attached hydrogens (tertiary/aromatic N) is 1. The molecule has 1 N–H and O–H groups in total. The average Bonchev–Trinajstić information content (AvgIpc) is 2.96. The lowest BCUT2D eigenvalue weighted by Crippen LogP contribution is -2.35. The molecule has 0 spiro atoms. The highest BCUT2D eigenvalue weighted by molar-refractivity contribution is 5.79. The van der Waals surface area contributed by atoms with E-state index >= 15 is 0 Å². The number of hydrogen-bond donors (Lipinski definition) is 1. The van der Waals surface area contributed by atoms with Crippen LogP contribution in [0.2, 0.25) is 0 Å². The van der Waals surface area contributed by atoms with E-state index in [2.05, 4.69) is 0 Å². The summed E-state index contributed by atoms with van der Waals surface area (Å²) in [5.41, 5.74) is 0.888. The maximum atomic E-state index is 11.1. The summed E-state index contributed by atoms with van der Waals surface area (Å²) in [4.78, 5) is 13.0. The summed E-state index contributed by atoms with van der Waals surface area (Å²) in [5.74, 6) is 0.651. The zero-order valence-electron chi connectivity index (χ0n) is 9.26. The summed E-state index contributed by atoms with van der Waals surface area (Å²) in [6, 6.07) is 5.14. The summed E-state index contributed by atoms with van der Waals surface area (Å²) >= 11 is 0. The number of fused-ring (bicyclic) bond motifs is 1. The Morgan fingerprint density at radius 2 is 2.18 bits per heavy atom. The smallest absolute Gasteiger partial charge is 0.326 e. The number of anilines is 1. The first-order valence-electron chi connectivity index (χ1n) is 5.65. The Kier molecular flexibility index (Phi) is 2.31. The molecule has 5 heteroatoms. The Morgan fingerprint density at radius 1 is 1.35 bits per heavy atom. The normalized spacial score (nSPS) is 21.9. The molecule has 0 amide bonds. The Bertz CT molecular complexity index is 460. The van der Waals surface area contributed by atoms with Crippen LogP contribution in [0.25, 0.3) is 0 Å². The van der Waals surface area contributed by atoms with Gasteiger partial charge < -0.3 is 19.5 Å². The van der Waals surface area contributed by atoms with Gasteiger partial charge in [-0.2, -0.15) is 0 Å². The van der Waals surface area contributed by atoms with E-state index in [1.165, 1.54) is 0 Å². The van der Waals surface area contributed by atoms with E-state index in [9.17, 15) is 4.79 Å². The van der Waals surface area contributed by atoms with Gasteiger partial charge in [-0.25, -0.2) is 4.79 Å². The lowest BCUT2D eigenvalue weighted by Gasteiger charge is -2.23. The summed E-state index contributed by atoms with van der Waals surface area (Å²) in [6.07, 6.45) is 1.61. The highest BCUT2D eigenvalue weighted by Gasteiger charge is 2.31. The number of rotatable bonds is 2. The van der Waals surface area contributed by atoms with Crippen LogP contribution in [-0.2, 0) is 4.79 Å². The molecule has 0 aromatic heterocycles. The molecule has 0 bridgehead atoms. The predicted octanol–water partition coefficient (Wildman–Crippen LogP) is 1.47. The molecule has 3 rings (SSSR count). The highest BCUT2D eigenvalue weighted by atomic mass is 16.7. The van der Waals surface area contributed by atoms with Gasteiger partial charge in [-0.3, -0.25) is 0 Å². The van der Waals surface area contributed by atoms with E-state index < -0.39 is 12.0 Å². The lowest BCUT2D eigenvalue weighted by atomic mass is 10.2. The molecular weight excluding hydrogens is 222 g/mol. The van der Waals surface area contributed by atoms with Crippen LogP contribution in [0.4, 0.5) is 5.69 Å². The van der Waals surface area contributed by atoms with Gasteiger partial charge >= 0.3 is 5.97 Å². The third kappa shape index (κ3) is 1.67. The minimum atomic E-state index is -0.764. The topological polar surface area (TPSA) is 59.0 Å². The fraction of sp³-hybridized carbons (Fsp3) is 0.417. The maximum absolute atomic E-state index is 11.1. The number of aliphatic carboxylic acids is 1. The third-order valence-electron chi connectivity index (χ3n) is 3.23. The van der Waals surface area contributed by atoms with Gasteiger partial charge in [0.2, 0.25) is 6.79 Å². The average molecular weight is 235 g/mol. The fourth-order valence-corrected chi connectivity index (χ4v) is 2.40. The maximum Gasteiger partial charge on any atom is 0.326 e. The van der Waals surface area contributed by atoms with E-state index in [1.54, 1.807) is 0 Å². The third-order valence-corrected chi connectivity index (χ3v) is 3.23. The van der Waals surface area contributed by atoms with Crippen LogP contribution in [0.5, 0.6) is 11.5 Å². The quantitative estimate of drug-likeness (QED) is 0.841. The van der Waals surface area contributed by atoms with Crippen LogP contribution in [0.15, 0.2) is 18.2 Å². The predicted molar refractivity (Wildman–Crippen MR) is 60.6 cm³/mol. The number of carboxylic acids is 1. The molecule has 1 fully saturated rings. The van der Waals surface area contributed by atoms with Crippen molar-refractivity contribution in [1.82, 2.24) is 0 Å². The Morgan fingerprint density at radius 3 is 3.00 bits per heavy atom. The Labute approximate surface area is 98.6 Å². The first kappa shape index (κ1) is 10.3. The van der Waals surface area contributed by atoms with Crippen LogP contribution in [0.1, 0.15) is 12.8 Å². The van der Waals surface area contributed by atoms with Gasteiger partial charge in [0.25, 0.3) is 0 Å². The molecule has 1 aromatic rings. The Hall–Kier alpha value is -1.91. The SMILES string of the molecule is O=C(O)[C@H]1CCCN1c1ccc2c(c1)OCO2. The number of hydrogen-bond acceptors (Lipinski definition) is 4. The molecule has 0 aliphatic carbocycles. The summed E-state index contributed by atoms with van der Waals surface area (Å²) in [7, 11) is 0. The van der Waals surface area contributed by atoms with Crippen molar-refractivity contribution in [2.24, 2.45) is 0 Å². The standard InChI is InChI=1S/C12H13NO4/c14-12(15)9-2-1-5-13(9)8-3-4-10-11(6-8)17-7-16-10/h3-4,6,9H,1-2,5,7H2,(H,14,15)/t9-/m1/s1. The molecule has 2 aliphatic rings.